The average molecular weight is 233 g/mol. The van der Waals surface area contributed by atoms with Gasteiger partial charge in [0, 0.05) is 6.54 Å². The van der Waals surface area contributed by atoms with Gasteiger partial charge in [0.15, 0.2) is 0 Å². The molecule has 3 nitrogen and oxygen atoms in total. The molecule has 1 aliphatic rings. The molecule has 2 aromatic rings. The Morgan fingerprint density at radius 1 is 1.47 bits per heavy atom. The van der Waals surface area contributed by atoms with Gasteiger partial charge in [-0.3, -0.25) is 0 Å². The second-order valence-corrected chi connectivity index (χ2v) is 5.33. The molecule has 17 heavy (non-hydrogen) atoms. The highest BCUT2D eigenvalue weighted by molar-refractivity contribution is 5.78. The van der Waals surface area contributed by atoms with E-state index in [1.807, 2.05) is 4.57 Å². The smallest absolute Gasteiger partial charge is 0.201 e. The maximum Gasteiger partial charge on any atom is 0.201 e. The second kappa shape index (κ2) is 3.45. The molecular formula is C13H16FN3. The van der Waals surface area contributed by atoms with E-state index in [0.717, 1.165) is 6.54 Å². The van der Waals surface area contributed by atoms with Crippen LogP contribution in [0.2, 0.25) is 0 Å². The maximum atomic E-state index is 13.8. The normalized spacial score (nSPS) is 18.2. The van der Waals surface area contributed by atoms with Crippen LogP contribution in [0.3, 0.4) is 0 Å². The molecule has 0 unspecified atom stereocenters. The molecule has 0 aliphatic heterocycles. The van der Waals surface area contributed by atoms with Gasteiger partial charge in [0.1, 0.15) is 11.3 Å². The third kappa shape index (κ3) is 1.59. The zero-order chi connectivity index (χ0) is 12.0. The van der Waals surface area contributed by atoms with Gasteiger partial charge in [0.25, 0.3) is 0 Å². The Morgan fingerprint density at radius 3 is 2.88 bits per heavy atom. The molecule has 0 amide bonds. The SMILES string of the molecule is CC1(Cn2c(N)nc3cccc(F)c32)CCC1. The Kier molecular flexibility index (Phi) is 2.15. The van der Waals surface area contributed by atoms with Crippen LogP contribution in [0.1, 0.15) is 26.2 Å². The Labute approximate surface area is 99.4 Å². The number of fused-ring (bicyclic) bond motifs is 1. The molecule has 0 atom stereocenters. The van der Waals surface area contributed by atoms with Crippen molar-refractivity contribution in [3.8, 4) is 0 Å². The number of aromatic nitrogens is 2. The van der Waals surface area contributed by atoms with Gasteiger partial charge in [-0.1, -0.05) is 19.4 Å². The fourth-order valence-corrected chi connectivity index (χ4v) is 2.64. The van der Waals surface area contributed by atoms with Crippen molar-refractivity contribution in [1.29, 1.82) is 0 Å². The van der Waals surface area contributed by atoms with E-state index in [9.17, 15) is 4.39 Å². The Morgan fingerprint density at radius 2 is 2.24 bits per heavy atom. The van der Waals surface area contributed by atoms with E-state index in [0.29, 0.717) is 17.0 Å². The van der Waals surface area contributed by atoms with Gasteiger partial charge < -0.3 is 10.3 Å². The molecule has 1 aromatic heterocycles. The fraction of sp³-hybridized carbons (Fsp3) is 0.462. The summed E-state index contributed by atoms with van der Waals surface area (Å²) in [5.41, 5.74) is 7.33. The molecule has 4 heteroatoms. The quantitative estimate of drug-likeness (QED) is 0.866. The van der Waals surface area contributed by atoms with Crippen molar-refractivity contribution >= 4 is 17.0 Å². The van der Waals surface area contributed by atoms with Crippen molar-refractivity contribution < 1.29 is 4.39 Å². The maximum absolute atomic E-state index is 13.8. The predicted octanol–water partition coefficient (Wildman–Crippen LogP) is 2.95. The van der Waals surface area contributed by atoms with E-state index in [-0.39, 0.29) is 11.2 Å². The number of imidazole rings is 1. The second-order valence-electron chi connectivity index (χ2n) is 5.33. The summed E-state index contributed by atoms with van der Waals surface area (Å²) in [5, 5.41) is 0. The zero-order valence-electron chi connectivity index (χ0n) is 9.91. The number of hydrogen-bond acceptors (Lipinski definition) is 2. The Balaban J connectivity index is 2.11. The van der Waals surface area contributed by atoms with Gasteiger partial charge >= 0.3 is 0 Å². The van der Waals surface area contributed by atoms with Crippen LogP contribution in [-0.4, -0.2) is 9.55 Å². The van der Waals surface area contributed by atoms with Crippen molar-refractivity contribution in [2.24, 2.45) is 5.41 Å². The number of rotatable bonds is 2. The summed E-state index contributed by atoms with van der Waals surface area (Å²) in [4.78, 5) is 4.22. The lowest BCUT2D eigenvalue weighted by Gasteiger charge is -2.38. The van der Waals surface area contributed by atoms with Crippen molar-refractivity contribution in [3.05, 3.63) is 24.0 Å². The van der Waals surface area contributed by atoms with Crippen LogP contribution >= 0.6 is 0 Å². The summed E-state index contributed by atoms with van der Waals surface area (Å²) in [7, 11) is 0. The first-order chi connectivity index (χ1) is 8.09. The van der Waals surface area contributed by atoms with Crippen LogP contribution in [0.25, 0.3) is 11.0 Å². The van der Waals surface area contributed by atoms with Gasteiger partial charge in [0.05, 0.1) is 5.52 Å². The van der Waals surface area contributed by atoms with Crippen LogP contribution < -0.4 is 5.73 Å². The van der Waals surface area contributed by atoms with E-state index in [1.165, 1.54) is 25.3 Å². The van der Waals surface area contributed by atoms with Gasteiger partial charge in [-0.25, -0.2) is 9.37 Å². The molecule has 1 saturated carbocycles. The van der Waals surface area contributed by atoms with E-state index < -0.39 is 0 Å². The molecule has 0 saturated heterocycles. The molecule has 1 aromatic carbocycles. The molecule has 3 rings (SSSR count). The van der Waals surface area contributed by atoms with E-state index in [2.05, 4.69) is 11.9 Å². The molecule has 0 radical (unpaired) electrons. The minimum absolute atomic E-state index is 0.241. The molecule has 0 spiro atoms. The number of halogens is 1. The largest absolute Gasteiger partial charge is 0.369 e. The lowest BCUT2D eigenvalue weighted by molar-refractivity contribution is 0.135. The van der Waals surface area contributed by atoms with Crippen molar-refractivity contribution in [2.45, 2.75) is 32.7 Å². The van der Waals surface area contributed by atoms with E-state index in [1.54, 1.807) is 12.1 Å². The first-order valence-corrected chi connectivity index (χ1v) is 5.99. The van der Waals surface area contributed by atoms with E-state index in [4.69, 9.17) is 5.73 Å². The summed E-state index contributed by atoms with van der Waals surface area (Å²) in [6, 6.07) is 4.93. The summed E-state index contributed by atoms with van der Waals surface area (Å²) in [6.45, 7) is 2.99. The van der Waals surface area contributed by atoms with Crippen LogP contribution in [0.5, 0.6) is 0 Å². The third-order valence-electron chi connectivity index (χ3n) is 3.85. The number of nitrogens with two attached hydrogens (primary N) is 1. The van der Waals surface area contributed by atoms with Gasteiger partial charge in [-0.15, -0.1) is 0 Å². The number of para-hydroxylation sites is 1. The number of nitrogens with zero attached hydrogens (tertiary/aromatic N) is 2. The topological polar surface area (TPSA) is 43.8 Å². The summed E-state index contributed by atoms with van der Waals surface area (Å²) in [6.07, 6.45) is 3.62. The predicted molar refractivity (Wildman–Crippen MR) is 66.1 cm³/mol. The van der Waals surface area contributed by atoms with Gasteiger partial charge in [-0.2, -0.15) is 0 Å². The summed E-state index contributed by atoms with van der Waals surface area (Å²) in [5.74, 6) is 0.174. The van der Waals surface area contributed by atoms with Crippen molar-refractivity contribution in [2.75, 3.05) is 5.73 Å². The molecular weight excluding hydrogens is 217 g/mol. The highest BCUT2D eigenvalue weighted by Gasteiger charge is 2.33. The highest BCUT2D eigenvalue weighted by Crippen LogP contribution is 2.42. The van der Waals surface area contributed by atoms with Crippen LogP contribution in [0.15, 0.2) is 18.2 Å². The Hall–Kier alpha value is -1.58. The van der Waals surface area contributed by atoms with Gasteiger partial charge in [0.2, 0.25) is 5.95 Å². The molecule has 2 N–H and O–H groups in total. The minimum Gasteiger partial charge on any atom is -0.369 e. The van der Waals surface area contributed by atoms with E-state index >= 15 is 0 Å². The van der Waals surface area contributed by atoms with Crippen molar-refractivity contribution in [1.82, 2.24) is 9.55 Å². The lowest BCUT2D eigenvalue weighted by Crippen LogP contribution is -2.31. The Bertz CT molecular complexity index is 569. The number of nitrogen functional groups attached to an aromatic ring is 1. The molecule has 90 valence electrons. The molecule has 1 aliphatic carbocycles. The molecule has 0 bridgehead atoms. The third-order valence-corrected chi connectivity index (χ3v) is 3.85. The fourth-order valence-electron chi connectivity index (χ4n) is 2.64. The standard InChI is InChI=1S/C13H16FN3/c1-13(6-3-7-13)8-17-11-9(14)4-2-5-10(11)16-12(17)15/h2,4-5H,3,6-8H2,1H3,(H2,15,16). The molecule has 1 heterocycles. The monoisotopic (exact) mass is 233 g/mol. The first-order valence-electron chi connectivity index (χ1n) is 5.99. The minimum atomic E-state index is -0.241. The first kappa shape index (κ1) is 10.6. The number of benzene rings is 1. The summed E-state index contributed by atoms with van der Waals surface area (Å²) >= 11 is 0. The number of hydrogen-bond donors (Lipinski definition) is 1. The van der Waals surface area contributed by atoms with Crippen LogP contribution in [0.4, 0.5) is 10.3 Å². The molecule has 1 fully saturated rings. The lowest BCUT2D eigenvalue weighted by atomic mass is 9.70. The highest BCUT2D eigenvalue weighted by atomic mass is 19.1. The van der Waals surface area contributed by atoms with Crippen LogP contribution in [-0.2, 0) is 6.54 Å². The number of anilines is 1. The summed E-state index contributed by atoms with van der Waals surface area (Å²) < 4.78 is 15.7. The van der Waals surface area contributed by atoms with Crippen molar-refractivity contribution in [3.63, 3.8) is 0 Å². The van der Waals surface area contributed by atoms with Crippen LogP contribution in [0, 0.1) is 11.2 Å². The average Bonchev–Trinajstić information content (AvgIpc) is 2.54. The van der Waals surface area contributed by atoms with Gasteiger partial charge in [-0.05, 0) is 30.4 Å². The zero-order valence-corrected chi connectivity index (χ0v) is 9.91.